The zero-order valence-electron chi connectivity index (χ0n) is 25.1. The van der Waals surface area contributed by atoms with E-state index in [1.807, 2.05) is 67.2 Å². The molecule has 1 aromatic heterocycles. The molecule has 4 rings (SSSR count). The van der Waals surface area contributed by atoms with Crippen molar-refractivity contribution in [1.29, 1.82) is 0 Å². The molecule has 2 amide bonds. The quantitative estimate of drug-likeness (QED) is 0.523. The van der Waals surface area contributed by atoms with Crippen LogP contribution in [0.15, 0.2) is 12.4 Å². The number of carbonyl (C=O) groups excluding carboxylic acids is 2. The maximum atomic E-state index is 13.6. The molecule has 1 aliphatic carbocycles. The van der Waals surface area contributed by atoms with E-state index in [0.717, 1.165) is 31.1 Å². The highest BCUT2D eigenvalue weighted by atomic mass is 16.7. The first-order valence-electron chi connectivity index (χ1n) is 14.3. The predicted octanol–water partition coefficient (Wildman–Crippen LogP) is 3.28. The maximum absolute atomic E-state index is 13.6. The standard InChI is InChI=1S/C28H46BN5O5/c1-18(2)22(32-25(36)37-26(3,4)5)23(35)33-14-10-11-21(17-33)34(20-12-13-20)24-30-15-19(16-31-24)29-38-27(6,7)28(8,9)39-29/h15-16,18,20-22H,10-14,17H2,1-9H3,(H,32,36). The highest BCUT2D eigenvalue weighted by molar-refractivity contribution is 6.61. The van der Waals surface area contributed by atoms with Crippen LogP contribution in [0, 0.1) is 5.92 Å². The van der Waals surface area contributed by atoms with Crippen molar-refractivity contribution >= 4 is 30.5 Å². The zero-order chi connectivity index (χ0) is 28.8. The number of hydrogen-bond acceptors (Lipinski definition) is 8. The molecule has 1 N–H and O–H groups in total. The van der Waals surface area contributed by atoms with E-state index in [0.29, 0.717) is 25.1 Å². The van der Waals surface area contributed by atoms with E-state index in [1.54, 1.807) is 12.4 Å². The lowest BCUT2D eigenvalue weighted by molar-refractivity contribution is -0.135. The number of nitrogens with one attached hydrogen (secondary N) is 1. The van der Waals surface area contributed by atoms with Crippen LogP contribution in [0.1, 0.15) is 88.0 Å². The van der Waals surface area contributed by atoms with Gasteiger partial charge in [0, 0.05) is 43.0 Å². The van der Waals surface area contributed by atoms with Crippen molar-refractivity contribution < 1.29 is 23.6 Å². The molecule has 39 heavy (non-hydrogen) atoms. The third-order valence-electron chi connectivity index (χ3n) is 8.06. The summed E-state index contributed by atoms with van der Waals surface area (Å²) in [6.07, 6.45) is 7.02. The van der Waals surface area contributed by atoms with Crippen molar-refractivity contribution in [2.75, 3.05) is 18.0 Å². The van der Waals surface area contributed by atoms with E-state index in [1.165, 1.54) is 0 Å². The fourth-order valence-electron chi connectivity index (χ4n) is 5.07. The fraction of sp³-hybridized carbons (Fsp3) is 0.786. The van der Waals surface area contributed by atoms with E-state index < -0.39 is 36.1 Å². The Kier molecular flexibility index (Phi) is 8.25. The van der Waals surface area contributed by atoms with Crippen LogP contribution in [-0.2, 0) is 18.8 Å². The molecule has 3 aliphatic rings. The van der Waals surface area contributed by atoms with Crippen molar-refractivity contribution in [1.82, 2.24) is 20.2 Å². The molecule has 1 saturated carbocycles. The van der Waals surface area contributed by atoms with Gasteiger partial charge in [-0.15, -0.1) is 0 Å². The van der Waals surface area contributed by atoms with E-state index in [9.17, 15) is 9.59 Å². The Labute approximate surface area is 233 Å². The van der Waals surface area contributed by atoms with Gasteiger partial charge in [-0.25, -0.2) is 14.8 Å². The Balaban J connectivity index is 1.45. The lowest BCUT2D eigenvalue weighted by Crippen LogP contribution is -2.57. The minimum Gasteiger partial charge on any atom is -0.444 e. The molecule has 2 atom stereocenters. The number of piperidine rings is 1. The monoisotopic (exact) mass is 543 g/mol. The van der Waals surface area contributed by atoms with E-state index >= 15 is 0 Å². The summed E-state index contributed by atoms with van der Waals surface area (Å²) in [6, 6.07) is -0.177. The molecule has 2 aliphatic heterocycles. The summed E-state index contributed by atoms with van der Waals surface area (Å²) in [5, 5.41) is 2.81. The van der Waals surface area contributed by atoms with Crippen LogP contribution in [0.2, 0.25) is 0 Å². The molecule has 0 radical (unpaired) electrons. The molecule has 2 unspecified atom stereocenters. The molecule has 10 nitrogen and oxygen atoms in total. The second-order valence-electron chi connectivity index (χ2n) is 13.5. The minimum atomic E-state index is -0.650. The second-order valence-corrected chi connectivity index (χ2v) is 13.5. The van der Waals surface area contributed by atoms with Gasteiger partial charge in [0.1, 0.15) is 11.6 Å². The summed E-state index contributed by atoms with van der Waals surface area (Å²) in [4.78, 5) is 39.7. The second kappa shape index (κ2) is 10.9. The fourth-order valence-corrected chi connectivity index (χ4v) is 5.07. The Bertz CT molecular complexity index is 1020. The van der Waals surface area contributed by atoms with Gasteiger partial charge in [0.15, 0.2) is 0 Å². The van der Waals surface area contributed by atoms with Gasteiger partial charge in [0.25, 0.3) is 0 Å². The summed E-state index contributed by atoms with van der Waals surface area (Å²) in [5.74, 6) is 0.522. The van der Waals surface area contributed by atoms with E-state index in [2.05, 4.69) is 10.2 Å². The number of anilines is 1. The zero-order valence-corrected chi connectivity index (χ0v) is 25.1. The molecule has 11 heteroatoms. The van der Waals surface area contributed by atoms with Gasteiger partial charge in [0.2, 0.25) is 11.9 Å². The highest BCUT2D eigenvalue weighted by Gasteiger charge is 2.52. The highest BCUT2D eigenvalue weighted by Crippen LogP contribution is 2.37. The van der Waals surface area contributed by atoms with E-state index in [4.69, 9.17) is 24.0 Å². The van der Waals surface area contributed by atoms with Crippen LogP contribution in [0.5, 0.6) is 0 Å². The number of aromatic nitrogens is 2. The average Bonchev–Trinajstić information content (AvgIpc) is 3.62. The van der Waals surface area contributed by atoms with E-state index in [-0.39, 0.29) is 17.9 Å². The summed E-state index contributed by atoms with van der Waals surface area (Å²) < 4.78 is 17.7. The third kappa shape index (κ3) is 6.85. The number of carbonyl (C=O) groups is 2. The molecule has 2 saturated heterocycles. The first-order valence-corrected chi connectivity index (χ1v) is 14.3. The number of alkyl carbamates (subject to hydrolysis) is 1. The molecule has 0 aromatic carbocycles. The normalized spacial score (nSPS) is 23.5. The molecular weight excluding hydrogens is 497 g/mol. The lowest BCUT2D eigenvalue weighted by atomic mass is 9.81. The van der Waals surface area contributed by atoms with Crippen molar-refractivity contribution in [3.05, 3.63) is 12.4 Å². The number of hydrogen-bond donors (Lipinski definition) is 1. The Morgan fingerprint density at radius 2 is 1.67 bits per heavy atom. The molecule has 216 valence electrons. The van der Waals surface area contributed by atoms with Gasteiger partial charge >= 0.3 is 13.2 Å². The predicted molar refractivity (Wildman–Crippen MR) is 151 cm³/mol. The number of likely N-dealkylation sites (tertiary alicyclic amines) is 1. The molecular formula is C28H46BN5O5. The first-order chi connectivity index (χ1) is 18.1. The lowest BCUT2D eigenvalue weighted by Gasteiger charge is -2.41. The Hall–Kier alpha value is -2.40. The molecule has 3 fully saturated rings. The van der Waals surface area contributed by atoms with Gasteiger partial charge in [-0.1, -0.05) is 13.8 Å². The summed E-state index contributed by atoms with van der Waals surface area (Å²) in [7, 11) is -0.508. The van der Waals surface area contributed by atoms with Gasteiger partial charge in [-0.05, 0) is 80.1 Å². The van der Waals surface area contributed by atoms with Crippen LogP contribution < -0.4 is 15.7 Å². The number of ether oxygens (including phenoxy) is 1. The smallest absolute Gasteiger partial charge is 0.444 e. The minimum absolute atomic E-state index is 0.0733. The topological polar surface area (TPSA) is 106 Å². The van der Waals surface area contributed by atoms with Gasteiger partial charge < -0.3 is 29.2 Å². The maximum Gasteiger partial charge on any atom is 0.498 e. The number of amides is 2. The molecule has 0 bridgehead atoms. The summed E-state index contributed by atoms with van der Waals surface area (Å²) >= 11 is 0. The van der Waals surface area contributed by atoms with Crippen molar-refractivity contribution in [3.8, 4) is 0 Å². The summed E-state index contributed by atoms with van der Waals surface area (Å²) in [5.41, 5.74) is -0.698. The SMILES string of the molecule is CC(C)C(NC(=O)OC(C)(C)C)C(=O)N1CCCC(N(c2ncc(B3OC(C)(C)C(C)(C)O3)cn2)C2CC2)C1. The van der Waals surface area contributed by atoms with Crippen LogP contribution >= 0.6 is 0 Å². The van der Waals surface area contributed by atoms with Crippen molar-refractivity contribution in [3.63, 3.8) is 0 Å². The Morgan fingerprint density at radius 3 is 2.18 bits per heavy atom. The number of nitrogens with zero attached hydrogens (tertiary/aromatic N) is 4. The van der Waals surface area contributed by atoms with Crippen molar-refractivity contribution in [2.24, 2.45) is 5.92 Å². The largest absolute Gasteiger partial charge is 0.498 e. The molecule has 3 heterocycles. The third-order valence-corrected chi connectivity index (χ3v) is 8.06. The van der Waals surface area contributed by atoms with Crippen LogP contribution in [0.25, 0.3) is 0 Å². The summed E-state index contributed by atoms with van der Waals surface area (Å²) in [6.45, 7) is 18.6. The van der Waals surface area contributed by atoms with Gasteiger partial charge in [-0.3, -0.25) is 4.79 Å². The number of rotatable bonds is 7. The van der Waals surface area contributed by atoms with Gasteiger partial charge in [-0.2, -0.15) is 0 Å². The first kappa shape index (κ1) is 29.6. The average molecular weight is 544 g/mol. The van der Waals surface area contributed by atoms with Crippen molar-refractivity contribution in [2.45, 2.75) is 123 Å². The molecule has 0 spiro atoms. The molecule has 1 aromatic rings. The van der Waals surface area contributed by atoms with Crippen LogP contribution in [0.3, 0.4) is 0 Å². The van der Waals surface area contributed by atoms with Gasteiger partial charge in [0.05, 0.1) is 11.2 Å². The Morgan fingerprint density at radius 1 is 1.08 bits per heavy atom. The van der Waals surface area contributed by atoms with Crippen LogP contribution in [0.4, 0.5) is 10.7 Å². The van der Waals surface area contributed by atoms with Crippen LogP contribution in [-0.4, -0.2) is 82.0 Å².